The van der Waals surface area contributed by atoms with Crippen molar-refractivity contribution < 1.29 is 14.3 Å². The molecule has 2 aromatic carbocycles. The number of pyridine rings is 1. The third-order valence-electron chi connectivity index (χ3n) is 5.80. The number of fused-ring (bicyclic) bond motifs is 1. The van der Waals surface area contributed by atoms with E-state index in [9.17, 15) is 9.59 Å². The Morgan fingerprint density at radius 1 is 1.21 bits per heavy atom. The molecule has 3 N–H and O–H groups in total. The van der Waals surface area contributed by atoms with Crippen molar-refractivity contribution in [3.05, 3.63) is 88.1 Å². The van der Waals surface area contributed by atoms with E-state index < -0.39 is 0 Å². The fraction of sp³-hybridized carbons (Fsp3) is 0.269. The van der Waals surface area contributed by atoms with E-state index in [1.54, 1.807) is 29.2 Å². The minimum absolute atomic E-state index is 0.174. The molecule has 0 bridgehead atoms. The van der Waals surface area contributed by atoms with Gasteiger partial charge in [0.25, 0.3) is 11.8 Å². The summed E-state index contributed by atoms with van der Waals surface area (Å²) in [6.07, 6.45) is 2.84. The summed E-state index contributed by atoms with van der Waals surface area (Å²) < 4.78 is 5.95. The molecule has 0 aliphatic carbocycles. The lowest BCUT2D eigenvalue weighted by Gasteiger charge is -2.24. The van der Waals surface area contributed by atoms with E-state index in [1.807, 2.05) is 37.3 Å². The molecule has 0 saturated heterocycles. The molecule has 1 unspecified atom stereocenters. The van der Waals surface area contributed by atoms with E-state index in [2.05, 4.69) is 10.3 Å². The normalized spacial score (nSPS) is 15.4. The van der Waals surface area contributed by atoms with Gasteiger partial charge in [-0.25, -0.2) is 4.98 Å². The van der Waals surface area contributed by atoms with Crippen LogP contribution in [0.1, 0.15) is 50.8 Å². The van der Waals surface area contributed by atoms with Gasteiger partial charge in [-0.05, 0) is 61.7 Å². The summed E-state index contributed by atoms with van der Waals surface area (Å²) in [6, 6.07) is 16.1. The molecule has 0 fully saturated rings. The molecule has 1 aliphatic heterocycles. The van der Waals surface area contributed by atoms with Gasteiger partial charge in [-0.1, -0.05) is 29.8 Å². The third kappa shape index (κ3) is 5.28. The standard InChI is InChI=1S/C26H27ClN4O3/c1-17-5-2-3-6-20(17)25(32)30-24-11-8-18(16-29-24)26(33)31-13-4-7-23(34-14-12-28)21-15-19(27)9-10-22(21)31/h2-3,5-6,8-11,15-16,23H,4,7,12-14,28H2,1H3,(H,29,30,32). The van der Waals surface area contributed by atoms with Crippen LogP contribution in [0.2, 0.25) is 5.02 Å². The van der Waals surface area contributed by atoms with Gasteiger partial charge < -0.3 is 20.7 Å². The molecule has 8 heteroatoms. The van der Waals surface area contributed by atoms with Crippen molar-refractivity contribution in [2.24, 2.45) is 5.73 Å². The van der Waals surface area contributed by atoms with Gasteiger partial charge in [0.1, 0.15) is 5.82 Å². The molecule has 34 heavy (non-hydrogen) atoms. The second kappa shape index (κ2) is 10.8. The minimum atomic E-state index is -0.244. The summed E-state index contributed by atoms with van der Waals surface area (Å²) >= 11 is 6.26. The molecule has 176 valence electrons. The number of nitrogens with zero attached hydrogens (tertiary/aromatic N) is 2. The lowest BCUT2D eigenvalue weighted by Crippen LogP contribution is -2.32. The molecule has 1 aromatic heterocycles. The lowest BCUT2D eigenvalue weighted by molar-refractivity contribution is 0.0529. The molecular weight excluding hydrogens is 452 g/mol. The molecule has 3 aromatic rings. The Kier molecular flexibility index (Phi) is 7.57. The number of ether oxygens (including phenoxy) is 1. The predicted octanol–water partition coefficient (Wildman–Crippen LogP) is 4.75. The van der Waals surface area contributed by atoms with Gasteiger partial charge >= 0.3 is 0 Å². The Morgan fingerprint density at radius 2 is 2.03 bits per heavy atom. The molecule has 1 atom stereocenters. The number of carbonyl (C=O) groups is 2. The number of aryl methyl sites for hydroxylation is 1. The smallest absolute Gasteiger partial charge is 0.259 e. The lowest BCUT2D eigenvalue weighted by atomic mass is 10.0. The first kappa shape index (κ1) is 23.9. The van der Waals surface area contributed by atoms with Crippen LogP contribution < -0.4 is 16.0 Å². The van der Waals surface area contributed by atoms with Gasteiger partial charge in [-0.2, -0.15) is 0 Å². The fourth-order valence-electron chi connectivity index (χ4n) is 4.10. The quantitative estimate of drug-likeness (QED) is 0.532. The number of benzene rings is 2. The summed E-state index contributed by atoms with van der Waals surface area (Å²) in [4.78, 5) is 32.0. The van der Waals surface area contributed by atoms with Crippen LogP contribution in [0.5, 0.6) is 0 Å². The minimum Gasteiger partial charge on any atom is -0.372 e. The Bertz CT molecular complexity index is 1180. The van der Waals surface area contributed by atoms with Gasteiger partial charge in [0.2, 0.25) is 0 Å². The molecule has 0 saturated carbocycles. The van der Waals surface area contributed by atoms with Crippen LogP contribution in [0.25, 0.3) is 0 Å². The van der Waals surface area contributed by atoms with Crippen molar-refractivity contribution in [1.82, 2.24) is 4.98 Å². The van der Waals surface area contributed by atoms with Crippen LogP contribution >= 0.6 is 11.6 Å². The first-order chi connectivity index (χ1) is 16.5. The highest BCUT2D eigenvalue weighted by atomic mass is 35.5. The van der Waals surface area contributed by atoms with Crippen molar-refractivity contribution in [3.8, 4) is 0 Å². The number of nitrogens with one attached hydrogen (secondary N) is 1. The number of nitrogens with two attached hydrogens (primary N) is 1. The Morgan fingerprint density at radius 3 is 2.76 bits per heavy atom. The first-order valence-electron chi connectivity index (χ1n) is 11.2. The highest BCUT2D eigenvalue weighted by molar-refractivity contribution is 6.30. The zero-order valence-electron chi connectivity index (χ0n) is 19.0. The summed E-state index contributed by atoms with van der Waals surface area (Å²) in [5.41, 5.74) is 9.15. The molecule has 0 radical (unpaired) electrons. The number of anilines is 2. The van der Waals surface area contributed by atoms with Gasteiger partial charge in [0.15, 0.2) is 0 Å². The average molecular weight is 479 g/mol. The van der Waals surface area contributed by atoms with Gasteiger partial charge in [-0.15, -0.1) is 0 Å². The molecule has 2 amide bonds. The van der Waals surface area contributed by atoms with Crippen LogP contribution in [-0.2, 0) is 4.74 Å². The van der Waals surface area contributed by atoms with Crippen molar-refractivity contribution >= 4 is 34.9 Å². The van der Waals surface area contributed by atoms with Gasteiger partial charge in [0, 0.05) is 41.1 Å². The largest absolute Gasteiger partial charge is 0.372 e. The number of rotatable bonds is 6. The summed E-state index contributed by atoms with van der Waals surface area (Å²) in [7, 11) is 0. The summed E-state index contributed by atoms with van der Waals surface area (Å²) in [5, 5.41) is 3.37. The van der Waals surface area contributed by atoms with Gasteiger partial charge in [-0.3, -0.25) is 9.59 Å². The maximum Gasteiger partial charge on any atom is 0.259 e. The first-order valence-corrected chi connectivity index (χ1v) is 11.6. The highest BCUT2D eigenvalue weighted by Gasteiger charge is 2.28. The zero-order chi connectivity index (χ0) is 24.1. The SMILES string of the molecule is Cc1ccccc1C(=O)Nc1ccc(C(=O)N2CCCC(OCCN)c3cc(Cl)ccc32)cn1. The van der Waals surface area contributed by atoms with E-state index in [0.717, 1.165) is 29.7 Å². The molecule has 4 rings (SSSR count). The Balaban J connectivity index is 1.54. The van der Waals surface area contributed by atoms with Crippen LogP contribution in [-0.4, -0.2) is 36.5 Å². The monoisotopic (exact) mass is 478 g/mol. The Labute approximate surface area is 203 Å². The highest BCUT2D eigenvalue weighted by Crippen LogP contribution is 2.37. The van der Waals surface area contributed by atoms with Crippen LogP contribution in [0, 0.1) is 6.92 Å². The number of amides is 2. The maximum atomic E-state index is 13.4. The molecule has 0 spiro atoms. The maximum absolute atomic E-state index is 13.4. The van der Waals surface area contributed by atoms with E-state index in [-0.39, 0.29) is 17.9 Å². The molecular formula is C26H27ClN4O3. The summed E-state index contributed by atoms with van der Waals surface area (Å²) in [5.74, 6) is -0.0399. The second-order valence-electron chi connectivity index (χ2n) is 8.15. The molecule has 2 heterocycles. The van der Waals surface area contributed by atoms with Gasteiger partial charge in [0.05, 0.1) is 18.3 Å². The number of carbonyl (C=O) groups excluding carboxylic acids is 2. The summed E-state index contributed by atoms with van der Waals surface area (Å²) in [6.45, 7) is 3.28. The van der Waals surface area contributed by atoms with Crippen molar-refractivity contribution in [1.29, 1.82) is 0 Å². The van der Waals surface area contributed by atoms with Crippen molar-refractivity contribution in [2.75, 3.05) is 29.9 Å². The van der Waals surface area contributed by atoms with Crippen LogP contribution in [0.3, 0.4) is 0 Å². The Hall–Kier alpha value is -3.26. The average Bonchev–Trinajstić information content (AvgIpc) is 3.02. The van der Waals surface area contributed by atoms with Crippen LogP contribution in [0.15, 0.2) is 60.8 Å². The number of hydrogen-bond acceptors (Lipinski definition) is 5. The van der Waals surface area contributed by atoms with E-state index >= 15 is 0 Å². The number of aromatic nitrogens is 1. The number of halogens is 1. The van der Waals surface area contributed by atoms with Crippen LogP contribution in [0.4, 0.5) is 11.5 Å². The molecule has 1 aliphatic rings. The van der Waals surface area contributed by atoms with E-state index in [4.69, 9.17) is 22.1 Å². The molecule has 7 nitrogen and oxygen atoms in total. The fourth-order valence-corrected chi connectivity index (χ4v) is 4.28. The van der Waals surface area contributed by atoms with E-state index in [0.29, 0.717) is 41.7 Å². The zero-order valence-corrected chi connectivity index (χ0v) is 19.7. The second-order valence-corrected chi connectivity index (χ2v) is 8.59. The number of hydrogen-bond donors (Lipinski definition) is 2. The third-order valence-corrected chi connectivity index (χ3v) is 6.03. The topological polar surface area (TPSA) is 97.5 Å². The predicted molar refractivity (Wildman–Crippen MR) is 133 cm³/mol. The van der Waals surface area contributed by atoms with Crippen molar-refractivity contribution in [2.45, 2.75) is 25.9 Å². The van der Waals surface area contributed by atoms with Crippen molar-refractivity contribution in [3.63, 3.8) is 0 Å². The van der Waals surface area contributed by atoms with E-state index in [1.165, 1.54) is 6.20 Å².